The van der Waals surface area contributed by atoms with Crippen molar-refractivity contribution in [3.05, 3.63) is 29.8 Å². The van der Waals surface area contributed by atoms with Gasteiger partial charge in [-0.15, -0.1) is 0 Å². The first-order valence-electron chi connectivity index (χ1n) is 9.00. The minimum atomic E-state index is -0.775. The number of benzene rings is 1. The molecule has 2 aliphatic rings. The van der Waals surface area contributed by atoms with E-state index in [-0.39, 0.29) is 24.3 Å². The fraction of sp³-hybridized carbons (Fsp3) is 0.526. The third-order valence-corrected chi connectivity index (χ3v) is 5.15. The second-order valence-corrected chi connectivity index (χ2v) is 6.91. The molecule has 2 heterocycles. The van der Waals surface area contributed by atoms with Gasteiger partial charge in [0.1, 0.15) is 12.2 Å². The van der Waals surface area contributed by atoms with Gasteiger partial charge in [-0.05, 0) is 31.9 Å². The first-order chi connectivity index (χ1) is 12.0. The molecule has 25 heavy (non-hydrogen) atoms. The van der Waals surface area contributed by atoms with E-state index >= 15 is 0 Å². The fourth-order valence-corrected chi connectivity index (χ4v) is 3.74. The van der Waals surface area contributed by atoms with Gasteiger partial charge in [0.15, 0.2) is 0 Å². The van der Waals surface area contributed by atoms with Crippen molar-refractivity contribution in [3.63, 3.8) is 0 Å². The molecule has 6 nitrogen and oxygen atoms in total. The Kier molecular flexibility index (Phi) is 4.79. The van der Waals surface area contributed by atoms with Crippen LogP contribution < -0.4 is 10.2 Å². The monoisotopic (exact) mass is 343 g/mol. The number of anilines is 1. The Labute approximate surface area is 148 Å². The number of fused-ring (bicyclic) bond motifs is 3. The number of nitrogens with zero attached hydrogens (tertiary/aromatic N) is 2. The van der Waals surface area contributed by atoms with Gasteiger partial charge >= 0.3 is 0 Å². The number of hydrogen-bond acceptors (Lipinski definition) is 3. The van der Waals surface area contributed by atoms with Crippen LogP contribution in [0.3, 0.4) is 0 Å². The highest BCUT2D eigenvalue weighted by molar-refractivity contribution is 6.11. The zero-order valence-electron chi connectivity index (χ0n) is 14.9. The minimum Gasteiger partial charge on any atom is -0.355 e. The average molecular weight is 343 g/mol. The van der Waals surface area contributed by atoms with Crippen LogP contribution in [0, 0.1) is 0 Å². The lowest BCUT2D eigenvalue weighted by molar-refractivity contribution is -0.124. The highest BCUT2D eigenvalue weighted by Crippen LogP contribution is 2.43. The zero-order chi connectivity index (χ0) is 18.0. The summed E-state index contributed by atoms with van der Waals surface area (Å²) in [7, 11) is 0. The molecule has 1 atom stereocenters. The first kappa shape index (κ1) is 17.5. The van der Waals surface area contributed by atoms with Crippen molar-refractivity contribution in [1.29, 1.82) is 0 Å². The Morgan fingerprint density at radius 2 is 2.00 bits per heavy atom. The van der Waals surface area contributed by atoms with Crippen molar-refractivity contribution in [2.45, 2.75) is 51.6 Å². The van der Waals surface area contributed by atoms with Crippen LogP contribution in [0.4, 0.5) is 5.69 Å². The van der Waals surface area contributed by atoms with Gasteiger partial charge in [0.2, 0.25) is 11.8 Å². The molecule has 1 aromatic rings. The molecule has 3 rings (SSSR count). The van der Waals surface area contributed by atoms with Crippen molar-refractivity contribution in [1.82, 2.24) is 10.2 Å². The number of rotatable bonds is 6. The van der Waals surface area contributed by atoms with Crippen molar-refractivity contribution in [2.24, 2.45) is 0 Å². The standard InChI is InChI=1S/C19H25N3O3/c1-3-4-7-12-20-16(23)13-21-18(25)14-8-5-6-9-15(14)22-17(24)10-11-19(21,22)2/h5-6,8-9H,3-4,7,10-13H2,1-2H3,(H,20,23). The zero-order valence-corrected chi connectivity index (χ0v) is 14.9. The van der Waals surface area contributed by atoms with E-state index in [9.17, 15) is 14.4 Å². The lowest BCUT2D eigenvalue weighted by Crippen LogP contribution is -2.63. The lowest BCUT2D eigenvalue weighted by Gasteiger charge is -2.48. The molecule has 1 N–H and O–H groups in total. The van der Waals surface area contributed by atoms with Crippen LogP contribution in [0.5, 0.6) is 0 Å². The quantitative estimate of drug-likeness (QED) is 0.806. The maximum atomic E-state index is 13.0. The summed E-state index contributed by atoms with van der Waals surface area (Å²) in [5.74, 6) is -0.368. The predicted octanol–water partition coefficient (Wildman–Crippen LogP) is 2.29. The Morgan fingerprint density at radius 3 is 2.76 bits per heavy atom. The molecule has 0 spiro atoms. The van der Waals surface area contributed by atoms with E-state index in [0.29, 0.717) is 30.6 Å². The van der Waals surface area contributed by atoms with Gasteiger partial charge in [-0.3, -0.25) is 19.3 Å². The summed E-state index contributed by atoms with van der Waals surface area (Å²) in [6.07, 6.45) is 4.01. The highest BCUT2D eigenvalue weighted by Gasteiger charge is 2.53. The summed E-state index contributed by atoms with van der Waals surface area (Å²) in [6, 6.07) is 7.13. The largest absolute Gasteiger partial charge is 0.355 e. The minimum absolute atomic E-state index is 0.00389. The maximum absolute atomic E-state index is 13.0. The average Bonchev–Trinajstić information content (AvgIpc) is 2.91. The molecule has 6 heteroatoms. The van der Waals surface area contributed by atoms with Crippen LogP contribution in [-0.4, -0.2) is 41.4 Å². The number of hydrogen-bond donors (Lipinski definition) is 1. The van der Waals surface area contributed by atoms with E-state index in [1.807, 2.05) is 13.0 Å². The van der Waals surface area contributed by atoms with Gasteiger partial charge in [-0.2, -0.15) is 0 Å². The topological polar surface area (TPSA) is 69.7 Å². The molecule has 0 aliphatic carbocycles. The smallest absolute Gasteiger partial charge is 0.258 e. The van der Waals surface area contributed by atoms with Gasteiger partial charge in [0.05, 0.1) is 11.3 Å². The molecule has 1 saturated heterocycles. The number of nitrogens with one attached hydrogen (secondary N) is 1. The molecular formula is C19H25N3O3. The molecule has 0 bridgehead atoms. The number of amides is 3. The van der Waals surface area contributed by atoms with Crippen LogP contribution in [-0.2, 0) is 9.59 Å². The van der Waals surface area contributed by atoms with Crippen LogP contribution in [0.15, 0.2) is 24.3 Å². The van der Waals surface area contributed by atoms with Gasteiger partial charge in [0.25, 0.3) is 5.91 Å². The SMILES string of the molecule is CCCCCNC(=O)CN1C(=O)c2ccccc2N2C(=O)CCC12C. The summed E-state index contributed by atoms with van der Waals surface area (Å²) in [5.41, 5.74) is 0.356. The van der Waals surface area contributed by atoms with Crippen LogP contribution in [0.1, 0.15) is 56.3 Å². The summed E-state index contributed by atoms with van der Waals surface area (Å²) in [5, 5.41) is 2.88. The number of unbranched alkanes of at least 4 members (excludes halogenated alkanes) is 2. The van der Waals surface area contributed by atoms with Crippen molar-refractivity contribution < 1.29 is 14.4 Å². The normalized spacial score (nSPS) is 22.0. The number of carbonyl (C=O) groups excluding carboxylic acids is 3. The van der Waals surface area contributed by atoms with E-state index < -0.39 is 5.66 Å². The summed E-state index contributed by atoms with van der Waals surface area (Å²) >= 11 is 0. The molecule has 3 amide bonds. The molecular weight excluding hydrogens is 318 g/mol. The van der Waals surface area contributed by atoms with Crippen molar-refractivity contribution in [2.75, 3.05) is 18.0 Å². The first-order valence-corrected chi connectivity index (χ1v) is 9.00. The number of carbonyl (C=O) groups is 3. The van der Waals surface area contributed by atoms with Crippen LogP contribution in [0.25, 0.3) is 0 Å². The molecule has 0 aromatic heterocycles. The summed E-state index contributed by atoms with van der Waals surface area (Å²) in [4.78, 5) is 41.0. The van der Waals surface area contributed by atoms with Crippen LogP contribution in [0.2, 0.25) is 0 Å². The lowest BCUT2D eigenvalue weighted by atomic mass is 9.98. The molecule has 0 saturated carbocycles. The summed E-state index contributed by atoms with van der Waals surface area (Å²) < 4.78 is 0. The van der Waals surface area contributed by atoms with Gasteiger partial charge in [-0.25, -0.2) is 0 Å². The highest BCUT2D eigenvalue weighted by atomic mass is 16.2. The maximum Gasteiger partial charge on any atom is 0.258 e. The van der Waals surface area contributed by atoms with Gasteiger partial charge in [0, 0.05) is 13.0 Å². The Hall–Kier alpha value is -2.37. The van der Waals surface area contributed by atoms with Crippen molar-refractivity contribution >= 4 is 23.4 Å². The fourth-order valence-electron chi connectivity index (χ4n) is 3.74. The Bertz CT molecular complexity index is 703. The molecule has 1 aromatic carbocycles. The molecule has 134 valence electrons. The molecule has 0 radical (unpaired) electrons. The van der Waals surface area contributed by atoms with Gasteiger partial charge in [-0.1, -0.05) is 31.9 Å². The third kappa shape index (κ3) is 3.01. The molecule has 2 aliphatic heterocycles. The number of para-hydroxylation sites is 1. The van der Waals surface area contributed by atoms with Crippen LogP contribution >= 0.6 is 0 Å². The van der Waals surface area contributed by atoms with E-state index in [2.05, 4.69) is 12.2 Å². The van der Waals surface area contributed by atoms with E-state index in [4.69, 9.17) is 0 Å². The van der Waals surface area contributed by atoms with E-state index in [1.54, 1.807) is 28.0 Å². The van der Waals surface area contributed by atoms with E-state index in [1.165, 1.54) is 0 Å². The van der Waals surface area contributed by atoms with Crippen molar-refractivity contribution in [3.8, 4) is 0 Å². The predicted molar refractivity (Wildman–Crippen MR) is 95.1 cm³/mol. The Morgan fingerprint density at radius 1 is 1.24 bits per heavy atom. The third-order valence-electron chi connectivity index (χ3n) is 5.15. The molecule has 1 unspecified atom stereocenters. The molecule has 1 fully saturated rings. The van der Waals surface area contributed by atoms with E-state index in [0.717, 1.165) is 19.3 Å². The van der Waals surface area contributed by atoms with Gasteiger partial charge < -0.3 is 10.2 Å². The Balaban J connectivity index is 1.83. The second kappa shape index (κ2) is 6.86. The second-order valence-electron chi connectivity index (χ2n) is 6.91. The summed E-state index contributed by atoms with van der Waals surface area (Å²) in [6.45, 7) is 4.57.